The molecule has 3 aromatic rings. The molecule has 1 spiro atoms. The quantitative estimate of drug-likeness (QED) is 0.397. The number of Topliss-reactive ketones (excluding diaryl/α,β-unsaturated/α-hetero) is 1. The second-order valence-corrected chi connectivity index (χ2v) is 9.64. The van der Waals surface area contributed by atoms with Crippen molar-refractivity contribution in [2.75, 3.05) is 11.5 Å². The van der Waals surface area contributed by atoms with Gasteiger partial charge in [0.05, 0.1) is 17.7 Å². The minimum Gasteiger partial charge on any atom is -0.449 e. The lowest BCUT2D eigenvalue weighted by atomic mass is 9.54. The van der Waals surface area contributed by atoms with Gasteiger partial charge in [0.15, 0.2) is 0 Å². The Labute approximate surface area is 213 Å². The van der Waals surface area contributed by atoms with Crippen LogP contribution in [-0.4, -0.2) is 24.4 Å². The fraction of sp³-hybridized carbons (Fsp3) is 0.250. The van der Waals surface area contributed by atoms with E-state index in [9.17, 15) is 14.4 Å². The molecule has 0 aromatic heterocycles. The first-order valence-electron chi connectivity index (χ1n) is 11.5. The number of anilines is 1. The van der Waals surface area contributed by atoms with E-state index < -0.39 is 29.3 Å². The molecule has 5 rings (SSSR count). The molecule has 1 heterocycles. The van der Waals surface area contributed by atoms with Crippen molar-refractivity contribution in [2.24, 2.45) is 0 Å². The van der Waals surface area contributed by atoms with Crippen LogP contribution in [0.3, 0.4) is 0 Å². The van der Waals surface area contributed by atoms with Crippen molar-refractivity contribution >= 4 is 46.7 Å². The minimum absolute atomic E-state index is 0.00494. The van der Waals surface area contributed by atoms with Crippen LogP contribution in [0.1, 0.15) is 48.3 Å². The number of benzene rings is 3. The Hall–Kier alpha value is -3.15. The van der Waals surface area contributed by atoms with Crippen LogP contribution in [0.25, 0.3) is 0 Å². The first-order chi connectivity index (χ1) is 16.9. The van der Waals surface area contributed by atoms with Gasteiger partial charge in [0, 0.05) is 34.7 Å². The summed E-state index contributed by atoms with van der Waals surface area (Å²) in [5.41, 5.74) is 1.22. The van der Waals surface area contributed by atoms with Crippen LogP contribution in [0.15, 0.2) is 72.8 Å². The largest absolute Gasteiger partial charge is 0.449 e. The zero-order valence-electron chi connectivity index (χ0n) is 19.0. The van der Waals surface area contributed by atoms with Crippen molar-refractivity contribution in [3.63, 3.8) is 0 Å². The molecule has 0 saturated heterocycles. The Balaban J connectivity index is 1.85. The SMILES string of the molecule is CCOC(=O)N1C(=O)C2(c3ccccc31)[C@@H](c1ccccc1Cl)CC(=O)C[C@@H]2c1ccccc1Cl. The Morgan fingerprint density at radius 2 is 1.40 bits per heavy atom. The molecular weight excluding hydrogens is 485 g/mol. The molecule has 2 aliphatic rings. The molecule has 35 heavy (non-hydrogen) atoms. The first kappa shape index (κ1) is 23.6. The minimum atomic E-state index is -1.28. The second-order valence-electron chi connectivity index (χ2n) is 8.82. The number of para-hydroxylation sites is 1. The van der Waals surface area contributed by atoms with Crippen LogP contribution in [-0.2, 0) is 19.7 Å². The zero-order chi connectivity index (χ0) is 24.7. The number of carbonyl (C=O) groups excluding carboxylic acids is 3. The van der Waals surface area contributed by atoms with Gasteiger partial charge in [-0.05, 0) is 41.8 Å². The Morgan fingerprint density at radius 3 is 1.94 bits per heavy atom. The summed E-state index contributed by atoms with van der Waals surface area (Å²) in [5.74, 6) is -1.64. The van der Waals surface area contributed by atoms with Crippen molar-refractivity contribution in [2.45, 2.75) is 37.0 Å². The van der Waals surface area contributed by atoms with Gasteiger partial charge in [-0.2, -0.15) is 0 Å². The number of hydrogen-bond acceptors (Lipinski definition) is 4. The smallest absolute Gasteiger partial charge is 0.421 e. The lowest BCUT2D eigenvalue weighted by Crippen LogP contribution is -2.53. The summed E-state index contributed by atoms with van der Waals surface area (Å²) in [6.07, 6.45) is -0.516. The Morgan fingerprint density at radius 1 is 0.886 bits per heavy atom. The number of nitrogens with zero attached hydrogens (tertiary/aromatic N) is 1. The summed E-state index contributed by atoms with van der Waals surface area (Å²) in [4.78, 5) is 42.0. The lowest BCUT2D eigenvalue weighted by Gasteiger charge is -2.46. The third-order valence-corrected chi connectivity index (χ3v) is 7.81. The molecule has 7 heteroatoms. The molecule has 1 aliphatic carbocycles. The highest BCUT2D eigenvalue weighted by molar-refractivity contribution is 6.32. The number of rotatable bonds is 3. The van der Waals surface area contributed by atoms with Crippen LogP contribution in [0.5, 0.6) is 0 Å². The zero-order valence-corrected chi connectivity index (χ0v) is 20.6. The molecule has 0 radical (unpaired) electrons. The number of ketones is 1. The monoisotopic (exact) mass is 507 g/mol. The van der Waals surface area contributed by atoms with Crippen LogP contribution < -0.4 is 4.90 Å². The van der Waals surface area contributed by atoms with E-state index >= 15 is 0 Å². The number of amides is 2. The average molecular weight is 508 g/mol. The van der Waals surface area contributed by atoms with Crippen molar-refractivity contribution in [3.8, 4) is 0 Å². The molecule has 1 fully saturated rings. The summed E-state index contributed by atoms with van der Waals surface area (Å²) >= 11 is 13.3. The van der Waals surface area contributed by atoms with Crippen molar-refractivity contribution in [3.05, 3.63) is 99.5 Å². The van der Waals surface area contributed by atoms with Gasteiger partial charge in [0.2, 0.25) is 5.91 Å². The van der Waals surface area contributed by atoms with E-state index in [0.717, 1.165) is 4.90 Å². The van der Waals surface area contributed by atoms with Gasteiger partial charge in [-0.3, -0.25) is 9.59 Å². The van der Waals surface area contributed by atoms with Crippen molar-refractivity contribution in [1.82, 2.24) is 0 Å². The fourth-order valence-electron chi connectivity index (χ4n) is 5.80. The van der Waals surface area contributed by atoms with E-state index in [4.69, 9.17) is 27.9 Å². The van der Waals surface area contributed by atoms with Gasteiger partial charge >= 0.3 is 6.09 Å². The highest BCUT2D eigenvalue weighted by Crippen LogP contribution is 2.62. The first-order valence-corrected chi connectivity index (χ1v) is 12.3. The molecule has 0 N–H and O–H groups in total. The van der Waals surface area contributed by atoms with E-state index in [0.29, 0.717) is 32.4 Å². The molecule has 0 bridgehead atoms. The summed E-state index contributed by atoms with van der Waals surface area (Å²) in [6.45, 7) is 1.82. The third-order valence-electron chi connectivity index (χ3n) is 7.12. The molecule has 3 aromatic carbocycles. The maximum Gasteiger partial charge on any atom is 0.421 e. The van der Waals surface area contributed by atoms with Crippen molar-refractivity contribution < 1.29 is 19.1 Å². The third kappa shape index (κ3) is 3.57. The van der Waals surface area contributed by atoms with Gasteiger partial charge in [0.1, 0.15) is 5.78 Å². The molecular formula is C28H23Cl2NO4. The Kier molecular flexibility index (Phi) is 6.16. The fourth-order valence-corrected chi connectivity index (χ4v) is 6.34. The van der Waals surface area contributed by atoms with E-state index in [1.807, 2.05) is 48.5 Å². The van der Waals surface area contributed by atoms with Crippen molar-refractivity contribution in [1.29, 1.82) is 0 Å². The molecule has 1 saturated carbocycles. The highest BCUT2D eigenvalue weighted by atomic mass is 35.5. The molecule has 0 unspecified atom stereocenters. The predicted octanol–water partition coefficient (Wildman–Crippen LogP) is 6.66. The standard InChI is InChI=1S/C28H23Cl2NO4/c1-2-35-27(34)31-25-14-8-5-11-20(25)28(26(31)33)21(18-9-3-6-12-23(18)29)15-17(32)16-22(28)19-10-4-7-13-24(19)30/h3-14,21-22H,2,15-16H2,1H3/t21-,22-/m1/s1. The van der Waals surface area contributed by atoms with E-state index in [2.05, 4.69) is 0 Å². The summed E-state index contributed by atoms with van der Waals surface area (Å²) < 4.78 is 5.28. The average Bonchev–Trinajstić information content (AvgIpc) is 3.10. The number of carbonyl (C=O) groups is 3. The summed E-state index contributed by atoms with van der Waals surface area (Å²) in [7, 11) is 0. The van der Waals surface area contributed by atoms with E-state index in [1.54, 1.807) is 31.2 Å². The van der Waals surface area contributed by atoms with Gasteiger partial charge < -0.3 is 4.74 Å². The topological polar surface area (TPSA) is 63.7 Å². The Bertz CT molecular complexity index is 1280. The lowest BCUT2D eigenvalue weighted by molar-refractivity contribution is -0.130. The van der Waals surface area contributed by atoms with Crippen LogP contribution in [0.4, 0.5) is 10.5 Å². The molecule has 2 amide bonds. The van der Waals surface area contributed by atoms with Gasteiger partial charge in [-0.1, -0.05) is 77.8 Å². The summed E-state index contributed by atoms with van der Waals surface area (Å²) in [6, 6.07) is 21.7. The van der Waals surface area contributed by atoms with Crippen LogP contribution >= 0.6 is 23.2 Å². The highest BCUT2D eigenvalue weighted by Gasteiger charge is 2.64. The van der Waals surface area contributed by atoms with Gasteiger partial charge in [0.25, 0.3) is 0 Å². The number of hydrogen-bond donors (Lipinski definition) is 0. The maximum absolute atomic E-state index is 14.6. The van der Waals surface area contributed by atoms with Crippen LogP contribution in [0.2, 0.25) is 10.0 Å². The van der Waals surface area contributed by atoms with E-state index in [1.165, 1.54) is 0 Å². The van der Waals surface area contributed by atoms with Crippen LogP contribution in [0, 0.1) is 0 Å². The number of halogens is 2. The van der Waals surface area contributed by atoms with E-state index in [-0.39, 0.29) is 25.2 Å². The molecule has 178 valence electrons. The number of fused-ring (bicyclic) bond motifs is 2. The molecule has 2 atom stereocenters. The number of imide groups is 1. The van der Waals surface area contributed by atoms with Gasteiger partial charge in [-0.15, -0.1) is 0 Å². The number of ether oxygens (including phenoxy) is 1. The summed E-state index contributed by atoms with van der Waals surface area (Å²) in [5, 5.41) is 0.925. The molecule has 1 aliphatic heterocycles. The normalized spacial score (nSPS) is 20.7. The second kappa shape index (κ2) is 9.14. The molecule has 5 nitrogen and oxygen atoms in total. The predicted molar refractivity (Wildman–Crippen MR) is 135 cm³/mol. The maximum atomic E-state index is 14.6. The van der Waals surface area contributed by atoms with Gasteiger partial charge in [-0.25, -0.2) is 9.69 Å².